The molecular formula is C12H22N2O2. The normalized spacial score (nSPS) is 30.1. The first-order chi connectivity index (χ1) is 7.75. The van der Waals surface area contributed by atoms with Gasteiger partial charge in [0.05, 0.1) is 6.10 Å². The predicted molar refractivity (Wildman–Crippen MR) is 62.0 cm³/mol. The van der Waals surface area contributed by atoms with Crippen LogP contribution >= 0.6 is 0 Å². The van der Waals surface area contributed by atoms with Gasteiger partial charge < -0.3 is 15.7 Å². The summed E-state index contributed by atoms with van der Waals surface area (Å²) in [4.78, 5) is 11.5. The molecule has 0 aromatic rings. The van der Waals surface area contributed by atoms with Crippen LogP contribution in [0.5, 0.6) is 0 Å². The SMILES string of the molecule is O=C(CCC1CCC1)NCC1CNCC1O. The van der Waals surface area contributed by atoms with Crippen LogP contribution in [0.15, 0.2) is 0 Å². The largest absolute Gasteiger partial charge is 0.391 e. The lowest BCUT2D eigenvalue weighted by atomic mass is 9.82. The van der Waals surface area contributed by atoms with E-state index in [9.17, 15) is 9.90 Å². The highest BCUT2D eigenvalue weighted by atomic mass is 16.3. The first-order valence-corrected chi connectivity index (χ1v) is 6.41. The van der Waals surface area contributed by atoms with Gasteiger partial charge in [0.25, 0.3) is 0 Å². The number of aliphatic hydroxyl groups is 1. The summed E-state index contributed by atoms with van der Waals surface area (Å²) >= 11 is 0. The second-order valence-electron chi connectivity index (χ2n) is 5.13. The summed E-state index contributed by atoms with van der Waals surface area (Å²) in [7, 11) is 0. The molecule has 0 radical (unpaired) electrons. The van der Waals surface area contributed by atoms with E-state index < -0.39 is 0 Å². The molecule has 4 heteroatoms. The standard InChI is InChI=1S/C12H22N2O2/c15-11-8-13-6-10(11)7-14-12(16)5-4-9-2-1-3-9/h9-11,13,15H,1-8H2,(H,14,16). The van der Waals surface area contributed by atoms with Crippen LogP contribution in [-0.2, 0) is 4.79 Å². The fourth-order valence-corrected chi connectivity index (χ4v) is 2.38. The minimum Gasteiger partial charge on any atom is -0.391 e. The molecule has 2 unspecified atom stereocenters. The quantitative estimate of drug-likeness (QED) is 0.630. The number of carbonyl (C=O) groups is 1. The number of rotatable bonds is 5. The zero-order valence-corrected chi connectivity index (χ0v) is 9.74. The maximum Gasteiger partial charge on any atom is 0.220 e. The number of β-amino-alcohol motifs (C(OH)–C–C–N with tert-alkyl or cyclic N) is 1. The molecule has 4 nitrogen and oxygen atoms in total. The average Bonchev–Trinajstić information content (AvgIpc) is 2.59. The molecule has 1 saturated carbocycles. The van der Waals surface area contributed by atoms with Gasteiger partial charge in [-0.2, -0.15) is 0 Å². The monoisotopic (exact) mass is 226 g/mol. The van der Waals surface area contributed by atoms with Crippen LogP contribution in [0, 0.1) is 11.8 Å². The Labute approximate surface area is 96.8 Å². The summed E-state index contributed by atoms with van der Waals surface area (Å²) in [6, 6.07) is 0. The maximum absolute atomic E-state index is 11.5. The molecule has 92 valence electrons. The summed E-state index contributed by atoms with van der Waals surface area (Å²) in [6.45, 7) is 2.07. The second-order valence-corrected chi connectivity index (χ2v) is 5.13. The fourth-order valence-electron chi connectivity index (χ4n) is 2.38. The van der Waals surface area contributed by atoms with Crippen LogP contribution in [0.3, 0.4) is 0 Å². The Kier molecular flexibility index (Phi) is 4.18. The number of hydrogen-bond acceptors (Lipinski definition) is 3. The summed E-state index contributed by atoms with van der Waals surface area (Å²) in [5.74, 6) is 1.13. The lowest BCUT2D eigenvalue weighted by molar-refractivity contribution is -0.121. The van der Waals surface area contributed by atoms with Gasteiger partial charge in [-0.1, -0.05) is 19.3 Å². The number of hydrogen-bond donors (Lipinski definition) is 3. The molecule has 1 heterocycles. The zero-order chi connectivity index (χ0) is 11.4. The molecule has 0 aromatic carbocycles. The zero-order valence-electron chi connectivity index (χ0n) is 9.74. The number of nitrogens with one attached hydrogen (secondary N) is 2. The third-order valence-electron chi connectivity index (χ3n) is 3.87. The Bertz CT molecular complexity index is 241. The second kappa shape index (κ2) is 5.64. The Balaban J connectivity index is 1.56. The van der Waals surface area contributed by atoms with Crippen molar-refractivity contribution in [1.82, 2.24) is 10.6 Å². The average molecular weight is 226 g/mol. The Morgan fingerprint density at radius 2 is 2.19 bits per heavy atom. The molecule has 2 aliphatic rings. The molecule has 1 amide bonds. The fraction of sp³-hybridized carbons (Fsp3) is 0.917. The van der Waals surface area contributed by atoms with Gasteiger partial charge in [-0.05, 0) is 12.3 Å². The van der Waals surface area contributed by atoms with E-state index in [0.717, 1.165) is 18.9 Å². The van der Waals surface area contributed by atoms with Crippen LogP contribution in [0.1, 0.15) is 32.1 Å². The van der Waals surface area contributed by atoms with E-state index in [1.807, 2.05) is 0 Å². The smallest absolute Gasteiger partial charge is 0.220 e. The van der Waals surface area contributed by atoms with Crippen LogP contribution in [0.4, 0.5) is 0 Å². The van der Waals surface area contributed by atoms with Crippen molar-refractivity contribution in [3.05, 3.63) is 0 Å². The van der Waals surface area contributed by atoms with E-state index in [4.69, 9.17) is 0 Å². The third kappa shape index (κ3) is 3.19. The van der Waals surface area contributed by atoms with Crippen molar-refractivity contribution in [2.45, 2.75) is 38.2 Å². The van der Waals surface area contributed by atoms with Gasteiger partial charge in [-0.15, -0.1) is 0 Å². The van der Waals surface area contributed by atoms with Crippen molar-refractivity contribution in [1.29, 1.82) is 0 Å². The molecular weight excluding hydrogens is 204 g/mol. The Hall–Kier alpha value is -0.610. The van der Waals surface area contributed by atoms with E-state index in [-0.39, 0.29) is 17.9 Å². The van der Waals surface area contributed by atoms with E-state index in [2.05, 4.69) is 10.6 Å². The predicted octanol–water partition coefficient (Wildman–Crippen LogP) is 0.263. The molecule has 1 aliphatic heterocycles. The number of aliphatic hydroxyl groups excluding tert-OH is 1. The molecule has 0 aromatic heterocycles. The van der Waals surface area contributed by atoms with Gasteiger partial charge in [0, 0.05) is 32.0 Å². The molecule has 1 saturated heterocycles. The van der Waals surface area contributed by atoms with E-state index in [1.165, 1.54) is 19.3 Å². The van der Waals surface area contributed by atoms with Gasteiger partial charge in [0.1, 0.15) is 0 Å². The molecule has 2 rings (SSSR count). The van der Waals surface area contributed by atoms with Crippen molar-refractivity contribution in [2.24, 2.45) is 11.8 Å². The maximum atomic E-state index is 11.5. The van der Waals surface area contributed by atoms with Gasteiger partial charge in [-0.25, -0.2) is 0 Å². The Morgan fingerprint density at radius 1 is 1.38 bits per heavy atom. The minimum absolute atomic E-state index is 0.144. The van der Waals surface area contributed by atoms with Crippen molar-refractivity contribution < 1.29 is 9.90 Å². The lowest BCUT2D eigenvalue weighted by Gasteiger charge is -2.24. The van der Waals surface area contributed by atoms with Crippen LogP contribution < -0.4 is 10.6 Å². The highest BCUT2D eigenvalue weighted by Crippen LogP contribution is 2.30. The van der Waals surface area contributed by atoms with Crippen LogP contribution in [0.25, 0.3) is 0 Å². The highest BCUT2D eigenvalue weighted by Gasteiger charge is 2.25. The van der Waals surface area contributed by atoms with Crippen molar-refractivity contribution in [3.8, 4) is 0 Å². The summed E-state index contributed by atoms with van der Waals surface area (Å²) < 4.78 is 0. The topological polar surface area (TPSA) is 61.4 Å². The molecule has 0 spiro atoms. The molecule has 3 N–H and O–H groups in total. The van der Waals surface area contributed by atoms with Crippen LogP contribution in [-0.4, -0.2) is 36.8 Å². The molecule has 1 aliphatic carbocycles. The molecule has 2 atom stereocenters. The summed E-state index contributed by atoms with van der Waals surface area (Å²) in [6.07, 6.45) is 5.34. The summed E-state index contributed by atoms with van der Waals surface area (Å²) in [5.41, 5.74) is 0. The van der Waals surface area contributed by atoms with Gasteiger partial charge >= 0.3 is 0 Å². The van der Waals surface area contributed by atoms with E-state index in [1.54, 1.807) is 0 Å². The molecule has 2 fully saturated rings. The lowest BCUT2D eigenvalue weighted by Crippen LogP contribution is -2.34. The van der Waals surface area contributed by atoms with Gasteiger partial charge in [0.2, 0.25) is 5.91 Å². The number of carbonyl (C=O) groups excluding carboxylic acids is 1. The Morgan fingerprint density at radius 3 is 2.75 bits per heavy atom. The third-order valence-corrected chi connectivity index (χ3v) is 3.87. The van der Waals surface area contributed by atoms with Gasteiger partial charge in [-0.3, -0.25) is 4.79 Å². The molecule has 16 heavy (non-hydrogen) atoms. The van der Waals surface area contributed by atoms with Gasteiger partial charge in [0.15, 0.2) is 0 Å². The number of amides is 1. The van der Waals surface area contributed by atoms with E-state index >= 15 is 0 Å². The first kappa shape index (κ1) is 11.9. The molecule has 0 bridgehead atoms. The first-order valence-electron chi connectivity index (χ1n) is 6.41. The van der Waals surface area contributed by atoms with Crippen LogP contribution in [0.2, 0.25) is 0 Å². The highest BCUT2D eigenvalue weighted by molar-refractivity contribution is 5.75. The van der Waals surface area contributed by atoms with E-state index in [0.29, 0.717) is 19.5 Å². The summed E-state index contributed by atoms with van der Waals surface area (Å²) in [5, 5.41) is 15.6. The minimum atomic E-state index is -0.299. The van der Waals surface area contributed by atoms with Crippen molar-refractivity contribution in [2.75, 3.05) is 19.6 Å². The van der Waals surface area contributed by atoms with Crippen molar-refractivity contribution in [3.63, 3.8) is 0 Å². The van der Waals surface area contributed by atoms with Crippen molar-refractivity contribution >= 4 is 5.91 Å².